The van der Waals surface area contributed by atoms with Crippen molar-refractivity contribution in [1.82, 2.24) is 10.2 Å². The number of fused-ring (bicyclic) bond motifs is 1. The molecule has 7 heteroatoms. The molecule has 0 saturated carbocycles. The summed E-state index contributed by atoms with van der Waals surface area (Å²) in [5, 5.41) is 3.10. The van der Waals surface area contributed by atoms with Gasteiger partial charge < -0.3 is 34.0 Å². The molecule has 2 aliphatic heterocycles. The second-order valence-electron chi connectivity index (χ2n) is 9.45. The van der Waals surface area contributed by atoms with Crippen LogP contribution in [-0.2, 0) is 14.3 Å². The Morgan fingerprint density at radius 2 is 1.64 bits per heavy atom. The van der Waals surface area contributed by atoms with Crippen molar-refractivity contribution >= 4 is 12.6 Å². The number of likely N-dealkylation sites (N-methyl/N-ethyl adjacent to an activating group) is 1. The molecule has 0 aromatic heterocycles. The smallest absolute Gasteiger partial charge is 0.161 e. The fraction of sp³-hybridized carbons (Fsp3) is 0.724. The van der Waals surface area contributed by atoms with Crippen LogP contribution >= 0.6 is 0 Å². The SMILES string of the molecule is CC(C)C=O.CCCCCCCC=O.CN1CCCC1.CNCC(OC)c1ccc2c(c1)OCCO2. The average Bonchev–Trinajstić information content (AvgIpc) is 3.39. The van der Waals surface area contributed by atoms with Crippen molar-refractivity contribution in [3.05, 3.63) is 23.8 Å². The molecule has 3 rings (SSSR count). The number of carbonyl (C=O) groups excluding carboxylic acids is 2. The molecular weight excluding hydrogens is 456 g/mol. The minimum Gasteiger partial charge on any atom is -0.486 e. The highest BCUT2D eigenvalue weighted by atomic mass is 16.6. The summed E-state index contributed by atoms with van der Waals surface area (Å²) in [7, 11) is 5.79. The largest absolute Gasteiger partial charge is 0.486 e. The van der Waals surface area contributed by atoms with E-state index in [1.54, 1.807) is 7.11 Å². The lowest BCUT2D eigenvalue weighted by Gasteiger charge is -2.21. The Hall–Kier alpha value is -1.96. The molecule has 0 bridgehead atoms. The van der Waals surface area contributed by atoms with Gasteiger partial charge in [0.25, 0.3) is 0 Å². The normalized spacial score (nSPS) is 14.9. The van der Waals surface area contributed by atoms with Crippen LogP contribution in [0.2, 0.25) is 0 Å². The van der Waals surface area contributed by atoms with E-state index >= 15 is 0 Å². The molecule has 1 fully saturated rings. The fourth-order valence-electron chi connectivity index (χ4n) is 3.49. The summed E-state index contributed by atoms with van der Waals surface area (Å²) in [6, 6.07) is 5.94. The summed E-state index contributed by atoms with van der Waals surface area (Å²) in [5.74, 6) is 1.83. The van der Waals surface area contributed by atoms with Crippen molar-refractivity contribution < 1.29 is 23.8 Å². The first-order chi connectivity index (χ1) is 17.4. The Kier molecular flexibility index (Phi) is 22.2. The predicted molar refractivity (Wildman–Crippen MR) is 148 cm³/mol. The van der Waals surface area contributed by atoms with Gasteiger partial charge in [-0.25, -0.2) is 0 Å². The summed E-state index contributed by atoms with van der Waals surface area (Å²) in [6.45, 7) is 10.5. The van der Waals surface area contributed by atoms with E-state index in [-0.39, 0.29) is 12.0 Å². The van der Waals surface area contributed by atoms with Crippen molar-refractivity contribution in [1.29, 1.82) is 0 Å². The number of rotatable bonds is 11. The van der Waals surface area contributed by atoms with E-state index in [0.717, 1.165) is 49.0 Å². The second kappa shape index (κ2) is 23.4. The molecule has 0 spiro atoms. The van der Waals surface area contributed by atoms with E-state index in [1.165, 1.54) is 51.6 Å². The van der Waals surface area contributed by atoms with Crippen LogP contribution in [0.4, 0.5) is 0 Å². The van der Waals surface area contributed by atoms with Gasteiger partial charge >= 0.3 is 0 Å². The fourth-order valence-corrected chi connectivity index (χ4v) is 3.49. The Morgan fingerprint density at radius 3 is 2.11 bits per heavy atom. The number of unbranched alkanes of at least 4 members (excludes halogenated alkanes) is 5. The maximum absolute atomic E-state index is 9.84. The Labute approximate surface area is 220 Å². The summed E-state index contributed by atoms with van der Waals surface area (Å²) < 4.78 is 16.4. The van der Waals surface area contributed by atoms with Crippen LogP contribution in [0.5, 0.6) is 11.5 Å². The minimum atomic E-state index is 0.0424. The summed E-state index contributed by atoms with van der Waals surface area (Å²) in [5.41, 5.74) is 1.10. The molecule has 7 nitrogen and oxygen atoms in total. The van der Waals surface area contributed by atoms with Gasteiger partial charge in [-0.15, -0.1) is 0 Å². The first-order valence-electron chi connectivity index (χ1n) is 13.6. The van der Waals surface area contributed by atoms with Gasteiger partial charge in [0.2, 0.25) is 0 Å². The van der Waals surface area contributed by atoms with Crippen molar-refractivity contribution in [2.75, 3.05) is 54.1 Å². The molecule has 1 aromatic rings. The van der Waals surface area contributed by atoms with Crippen LogP contribution in [0.3, 0.4) is 0 Å². The number of aldehydes is 2. The molecule has 0 amide bonds. The van der Waals surface area contributed by atoms with Gasteiger partial charge in [0, 0.05) is 26.0 Å². The quantitative estimate of drug-likeness (QED) is 0.314. The number of likely N-dealkylation sites (tertiary alicyclic amines) is 1. The van der Waals surface area contributed by atoms with E-state index in [0.29, 0.717) is 13.2 Å². The highest BCUT2D eigenvalue weighted by molar-refractivity contribution is 5.51. The number of methoxy groups -OCH3 is 1. The molecule has 1 atom stereocenters. The van der Waals surface area contributed by atoms with Crippen molar-refractivity contribution in [3.63, 3.8) is 0 Å². The van der Waals surface area contributed by atoms with E-state index in [1.807, 2.05) is 39.1 Å². The third-order valence-corrected chi connectivity index (χ3v) is 5.64. The van der Waals surface area contributed by atoms with E-state index in [4.69, 9.17) is 14.2 Å². The van der Waals surface area contributed by atoms with E-state index in [2.05, 4.69) is 24.2 Å². The third-order valence-electron chi connectivity index (χ3n) is 5.64. The van der Waals surface area contributed by atoms with Gasteiger partial charge in [-0.05, 0) is 64.1 Å². The van der Waals surface area contributed by atoms with Crippen molar-refractivity contribution in [2.24, 2.45) is 5.92 Å². The number of hydrogen-bond acceptors (Lipinski definition) is 7. The highest BCUT2D eigenvalue weighted by Gasteiger charge is 2.16. The van der Waals surface area contributed by atoms with Gasteiger partial charge in [0.15, 0.2) is 11.5 Å². The topological polar surface area (TPSA) is 77.1 Å². The second-order valence-corrected chi connectivity index (χ2v) is 9.45. The lowest BCUT2D eigenvalue weighted by atomic mass is 10.1. The zero-order valence-corrected chi connectivity index (χ0v) is 23.7. The average molecular weight is 509 g/mol. The van der Waals surface area contributed by atoms with E-state index in [9.17, 15) is 9.59 Å². The predicted octanol–water partition coefficient (Wildman–Crippen LogP) is 5.46. The van der Waals surface area contributed by atoms with E-state index < -0.39 is 0 Å². The first kappa shape index (κ1) is 34.0. The van der Waals surface area contributed by atoms with Gasteiger partial charge in [-0.1, -0.05) is 52.5 Å². The monoisotopic (exact) mass is 508 g/mol. The molecular formula is C29H52N2O5. The number of carbonyl (C=O) groups is 2. The van der Waals surface area contributed by atoms with Crippen LogP contribution < -0.4 is 14.8 Å². The lowest BCUT2D eigenvalue weighted by Crippen LogP contribution is -2.19. The molecule has 1 aromatic carbocycles. The maximum Gasteiger partial charge on any atom is 0.161 e. The molecule has 208 valence electrons. The van der Waals surface area contributed by atoms with Crippen LogP contribution in [0, 0.1) is 5.92 Å². The number of benzene rings is 1. The number of ether oxygens (including phenoxy) is 3. The lowest BCUT2D eigenvalue weighted by molar-refractivity contribution is -0.110. The Balaban J connectivity index is 0.000000516. The maximum atomic E-state index is 9.84. The van der Waals surface area contributed by atoms with Crippen LogP contribution in [0.1, 0.15) is 83.8 Å². The summed E-state index contributed by atoms with van der Waals surface area (Å²) >= 11 is 0. The summed E-state index contributed by atoms with van der Waals surface area (Å²) in [4.78, 5) is 21.7. The number of nitrogens with zero attached hydrogens (tertiary/aromatic N) is 1. The zero-order chi connectivity index (χ0) is 27.0. The van der Waals surface area contributed by atoms with Gasteiger partial charge in [0.05, 0.1) is 6.10 Å². The molecule has 2 heterocycles. The van der Waals surface area contributed by atoms with Crippen molar-refractivity contribution in [3.8, 4) is 11.5 Å². The molecule has 1 N–H and O–H groups in total. The highest BCUT2D eigenvalue weighted by Crippen LogP contribution is 2.33. The van der Waals surface area contributed by atoms with Crippen LogP contribution in [-0.4, -0.2) is 71.5 Å². The molecule has 0 aliphatic carbocycles. The van der Waals surface area contributed by atoms with Crippen molar-refractivity contribution in [2.45, 2.75) is 78.2 Å². The molecule has 0 radical (unpaired) electrons. The van der Waals surface area contributed by atoms with Gasteiger partial charge in [-0.3, -0.25) is 0 Å². The number of hydrogen-bond donors (Lipinski definition) is 1. The van der Waals surface area contributed by atoms with Crippen LogP contribution in [0.25, 0.3) is 0 Å². The molecule has 2 aliphatic rings. The first-order valence-corrected chi connectivity index (χ1v) is 13.6. The Bertz CT molecular complexity index is 663. The molecule has 1 saturated heterocycles. The third kappa shape index (κ3) is 17.5. The Morgan fingerprint density at radius 1 is 1.03 bits per heavy atom. The zero-order valence-electron chi connectivity index (χ0n) is 23.7. The van der Waals surface area contributed by atoms with Crippen LogP contribution in [0.15, 0.2) is 18.2 Å². The van der Waals surface area contributed by atoms with Gasteiger partial charge in [-0.2, -0.15) is 0 Å². The minimum absolute atomic E-state index is 0.0424. The number of nitrogens with one attached hydrogen (secondary N) is 1. The molecule has 1 unspecified atom stereocenters. The standard InChI is InChI=1S/C12H17NO3.C8H16O.C5H11N.C4H8O/c1-13-8-12(14-2)9-3-4-10-11(7-9)16-6-5-15-10;1-2-3-4-5-6-7-8-9;1-6-4-2-3-5-6;1-4(2)3-5/h3-4,7,12-13H,5-6,8H2,1-2H3;8H,2-7H2,1H3;2-5H2,1H3;3-4H,1-2H3. The van der Waals surface area contributed by atoms with Gasteiger partial charge in [0.1, 0.15) is 25.8 Å². The molecule has 36 heavy (non-hydrogen) atoms. The summed E-state index contributed by atoms with van der Waals surface area (Å²) in [6.07, 6.45) is 11.8.